The van der Waals surface area contributed by atoms with Gasteiger partial charge in [-0.15, -0.1) is 5.10 Å². The number of hydrogen-bond acceptors (Lipinski definition) is 6. The van der Waals surface area contributed by atoms with Crippen molar-refractivity contribution in [3.63, 3.8) is 0 Å². The lowest BCUT2D eigenvalue weighted by molar-refractivity contribution is 0.0349. The molecule has 2 fully saturated rings. The molecule has 0 bridgehead atoms. The van der Waals surface area contributed by atoms with E-state index in [9.17, 15) is 0 Å². The Bertz CT molecular complexity index is 481. The Balaban J connectivity index is 1.44. The summed E-state index contributed by atoms with van der Waals surface area (Å²) >= 11 is 0. The second kappa shape index (κ2) is 7.33. The van der Waals surface area contributed by atoms with Crippen LogP contribution in [0.25, 0.3) is 0 Å². The molecular formula is C16H27N5O. The van der Waals surface area contributed by atoms with Crippen molar-refractivity contribution in [3.05, 3.63) is 11.4 Å². The van der Waals surface area contributed by atoms with Gasteiger partial charge in [0.15, 0.2) is 0 Å². The van der Waals surface area contributed by atoms with E-state index in [4.69, 9.17) is 4.74 Å². The van der Waals surface area contributed by atoms with E-state index in [1.54, 1.807) is 0 Å². The van der Waals surface area contributed by atoms with Crippen molar-refractivity contribution in [2.24, 2.45) is 5.92 Å². The van der Waals surface area contributed by atoms with Crippen LogP contribution in [-0.4, -0.2) is 66.0 Å². The number of ether oxygens (including phenoxy) is 1. The van der Waals surface area contributed by atoms with Gasteiger partial charge < -0.3 is 9.64 Å². The van der Waals surface area contributed by atoms with Crippen LogP contribution in [0.2, 0.25) is 0 Å². The number of hydrogen-bond donors (Lipinski definition) is 0. The van der Waals surface area contributed by atoms with Crippen molar-refractivity contribution < 1.29 is 4.74 Å². The van der Waals surface area contributed by atoms with Gasteiger partial charge in [0.05, 0.1) is 24.6 Å². The second-order valence-corrected chi connectivity index (χ2v) is 6.46. The molecule has 0 saturated carbocycles. The Morgan fingerprint density at radius 1 is 1.00 bits per heavy atom. The quantitative estimate of drug-likeness (QED) is 0.839. The van der Waals surface area contributed by atoms with Gasteiger partial charge in [0.1, 0.15) is 0 Å². The molecular weight excluding hydrogens is 278 g/mol. The second-order valence-electron chi connectivity index (χ2n) is 6.46. The van der Waals surface area contributed by atoms with Gasteiger partial charge in [-0.05, 0) is 45.6 Å². The summed E-state index contributed by atoms with van der Waals surface area (Å²) in [5, 5.41) is 8.45. The molecule has 1 aromatic rings. The minimum atomic E-state index is 0.801. The molecule has 0 radical (unpaired) electrons. The van der Waals surface area contributed by atoms with Crippen LogP contribution in [0.15, 0.2) is 0 Å². The van der Waals surface area contributed by atoms with Crippen LogP contribution >= 0.6 is 0 Å². The third-order valence-corrected chi connectivity index (χ3v) is 4.94. The molecule has 0 amide bonds. The van der Waals surface area contributed by atoms with Crippen LogP contribution in [0, 0.1) is 19.8 Å². The highest BCUT2D eigenvalue weighted by Gasteiger charge is 2.22. The van der Waals surface area contributed by atoms with E-state index in [-0.39, 0.29) is 0 Å². The number of aromatic nitrogens is 3. The number of rotatable bonds is 4. The third kappa shape index (κ3) is 3.93. The molecule has 6 heteroatoms. The lowest BCUT2D eigenvalue weighted by Crippen LogP contribution is -2.39. The molecule has 2 saturated heterocycles. The number of aryl methyl sites for hydroxylation is 2. The monoisotopic (exact) mass is 305 g/mol. The number of anilines is 1. The van der Waals surface area contributed by atoms with Crippen LogP contribution in [0.5, 0.6) is 0 Å². The summed E-state index contributed by atoms with van der Waals surface area (Å²) in [6.07, 6.45) is 3.78. The SMILES string of the molecule is Cc1nnc(N2CCC(CCN3CCOCC3)CC2)nc1C. The zero-order chi connectivity index (χ0) is 15.4. The lowest BCUT2D eigenvalue weighted by Gasteiger charge is -2.33. The summed E-state index contributed by atoms with van der Waals surface area (Å²) in [4.78, 5) is 9.39. The fraction of sp³-hybridized carbons (Fsp3) is 0.812. The highest BCUT2D eigenvalue weighted by Crippen LogP contribution is 2.23. The summed E-state index contributed by atoms with van der Waals surface area (Å²) in [5.74, 6) is 1.63. The molecule has 22 heavy (non-hydrogen) atoms. The van der Waals surface area contributed by atoms with Crippen LogP contribution in [0.3, 0.4) is 0 Å². The molecule has 2 aliphatic heterocycles. The fourth-order valence-electron chi connectivity index (χ4n) is 3.19. The smallest absolute Gasteiger partial charge is 0.245 e. The average Bonchev–Trinajstić information content (AvgIpc) is 2.57. The maximum atomic E-state index is 5.40. The van der Waals surface area contributed by atoms with E-state index in [1.807, 2.05) is 13.8 Å². The van der Waals surface area contributed by atoms with E-state index in [0.717, 1.165) is 62.6 Å². The molecule has 0 spiro atoms. The molecule has 0 N–H and O–H groups in total. The van der Waals surface area contributed by atoms with Crippen molar-refractivity contribution in [2.45, 2.75) is 33.1 Å². The molecule has 2 aliphatic rings. The molecule has 3 rings (SSSR count). The van der Waals surface area contributed by atoms with Crippen molar-refractivity contribution in [1.82, 2.24) is 20.1 Å². The minimum absolute atomic E-state index is 0.801. The Morgan fingerprint density at radius 2 is 1.73 bits per heavy atom. The van der Waals surface area contributed by atoms with Crippen molar-refractivity contribution in [2.75, 3.05) is 50.8 Å². The summed E-state index contributed by atoms with van der Waals surface area (Å²) in [5.41, 5.74) is 1.91. The van der Waals surface area contributed by atoms with Gasteiger partial charge in [-0.2, -0.15) is 5.10 Å². The molecule has 0 unspecified atom stereocenters. The molecule has 3 heterocycles. The predicted molar refractivity (Wildman–Crippen MR) is 86.1 cm³/mol. The fourth-order valence-corrected chi connectivity index (χ4v) is 3.19. The van der Waals surface area contributed by atoms with Crippen molar-refractivity contribution in [3.8, 4) is 0 Å². The summed E-state index contributed by atoms with van der Waals surface area (Å²) in [7, 11) is 0. The van der Waals surface area contributed by atoms with E-state index < -0.39 is 0 Å². The average molecular weight is 305 g/mol. The number of morpholine rings is 1. The van der Waals surface area contributed by atoms with Gasteiger partial charge in [0, 0.05) is 26.2 Å². The summed E-state index contributed by atoms with van der Waals surface area (Å²) < 4.78 is 5.40. The third-order valence-electron chi connectivity index (χ3n) is 4.94. The van der Waals surface area contributed by atoms with Crippen LogP contribution in [0.4, 0.5) is 5.95 Å². The van der Waals surface area contributed by atoms with Crippen LogP contribution in [0.1, 0.15) is 30.7 Å². The topological polar surface area (TPSA) is 54.4 Å². The highest BCUT2D eigenvalue weighted by atomic mass is 16.5. The van der Waals surface area contributed by atoms with E-state index in [1.165, 1.54) is 25.8 Å². The zero-order valence-electron chi connectivity index (χ0n) is 13.8. The normalized spacial score (nSPS) is 21.3. The van der Waals surface area contributed by atoms with E-state index >= 15 is 0 Å². The first kappa shape index (κ1) is 15.6. The maximum absolute atomic E-state index is 5.40. The molecule has 6 nitrogen and oxygen atoms in total. The number of piperidine rings is 1. The van der Waals surface area contributed by atoms with Gasteiger partial charge in [-0.3, -0.25) is 4.90 Å². The Kier molecular flexibility index (Phi) is 5.20. The summed E-state index contributed by atoms with van der Waals surface area (Å²) in [6, 6.07) is 0. The molecule has 1 aromatic heterocycles. The van der Waals surface area contributed by atoms with Gasteiger partial charge in [0.25, 0.3) is 0 Å². The summed E-state index contributed by atoms with van der Waals surface area (Å²) in [6.45, 7) is 11.3. The van der Waals surface area contributed by atoms with E-state index in [2.05, 4.69) is 25.0 Å². The van der Waals surface area contributed by atoms with Crippen LogP contribution < -0.4 is 4.90 Å². The first-order valence-corrected chi connectivity index (χ1v) is 8.45. The van der Waals surface area contributed by atoms with Gasteiger partial charge in [-0.1, -0.05) is 0 Å². The Morgan fingerprint density at radius 3 is 2.41 bits per heavy atom. The molecule has 0 atom stereocenters. The first-order valence-electron chi connectivity index (χ1n) is 8.45. The van der Waals surface area contributed by atoms with Gasteiger partial charge >= 0.3 is 0 Å². The molecule has 0 aliphatic carbocycles. The maximum Gasteiger partial charge on any atom is 0.245 e. The Hall–Kier alpha value is -1.27. The van der Waals surface area contributed by atoms with Crippen molar-refractivity contribution >= 4 is 5.95 Å². The van der Waals surface area contributed by atoms with Crippen molar-refractivity contribution in [1.29, 1.82) is 0 Å². The van der Waals surface area contributed by atoms with E-state index in [0.29, 0.717) is 0 Å². The standard InChI is InChI=1S/C16H27N5O/c1-13-14(2)18-19-16(17-13)21-7-4-15(5-8-21)3-6-20-9-11-22-12-10-20/h15H,3-12H2,1-2H3. The highest BCUT2D eigenvalue weighted by molar-refractivity contribution is 5.30. The van der Waals surface area contributed by atoms with Gasteiger partial charge in [0.2, 0.25) is 5.95 Å². The predicted octanol–water partition coefficient (Wildman–Crippen LogP) is 1.43. The number of nitrogens with zero attached hydrogens (tertiary/aromatic N) is 5. The zero-order valence-corrected chi connectivity index (χ0v) is 13.8. The van der Waals surface area contributed by atoms with Crippen LogP contribution in [-0.2, 0) is 4.74 Å². The molecule has 0 aromatic carbocycles. The van der Waals surface area contributed by atoms with Gasteiger partial charge in [-0.25, -0.2) is 4.98 Å². The largest absolute Gasteiger partial charge is 0.379 e. The minimum Gasteiger partial charge on any atom is -0.379 e. The Labute approximate surface area is 132 Å². The lowest BCUT2D eigenvalue weighted by atomic mass is 9.93. The molecule has 122 valence electrons. The first-order chi connectivity index (χ1) is 10.7.